The van der Waals surface area contributed by atoms with Crippen LogP contribution in [0.3, 0.4) is 0 Å². The summed E-state index contributed by atoms with van der Waals surface area (Å²) in [5.74, 6) is 0. The number of rotatable bonds is 5. The van der Waals surface area contributed by atoms with Crippen molar-refractivity contribution < 1.29 is 5.11 Å². The molecule has 17 heavy (non-hydrogen) atoms. The molecule has 0 radical (unpaired) electrons. The Morgan fingerprint density at radius 1 is 1.41 bits per heavy atom. The molecule has 0 aliphatic carbocycles. The quantitative estimate of drug-likeness (QED) is 0.738. The van der Waals surface area contributed by atoms with E-state index in [4.69, 9.17) is 5.73 Å². The zero-order chi connectivity index (χ0) is 12.8. The van der Waals surface area contributed by atoms with Crippen LogP contribution in [0.15, 0.2) is 0 Å². The van der Waals surface area contributed by atoms with E-state index in [0.717, 1.165) is 38.9 Å². The molecule has 0 saturated carbocycles. The van der Waals surface area contributed by atoms with E-state index in [0.29, 0.717) is 6.04 Å². The highest BCUT2D eigenvalue weighted by atomic mass is 16.3. The summed E-state index contributed by atoms with van der Waals surface area (Å²) in [4.78, 5) is 4.77. The Morgan fingerprint density at radius 2 is 2.12 bits per heavy atom. The normalized spacial score (nSPS) is 27.7. The van der Waals surface area contributed by atoms with Gasteiger partial charge in [-0.1, -0.05) is 13.3 Å². The van der Waals surface area contributed by atoms with Gasteiger partial charge < -0.3 is 15.7 Å². The molecule has 3 N–H and O–H groups in total. The molecule has 1 saturated heterocycles. The van der Waals surface area contributed by atoms with E-state index >= 15 is 0 Å². The van der Waals surface area contributed by atoms with Crippen LogP contribution in [0.4, 0.5) is 0 Å². The van der Waals surface area contributed by atoms with E-state index in [1.165, 1.54) is 0 Å². The summed E-state index contributed by atoms with van der Waals surface area (Å²) in [7, 11) is 2.17. The van der Waals surface area contributed by atoms with E-state index in [2.05, 4.69) is 30.7 Å². The largest absolute Gasteiger partial charge is 0.395 e. The minimum Gasteiger partial charge on any atom is -0.395 e. The lowest BCUT2D eigenvalue weighted by molar-refractivity contribution is 0.0720. The van der Waals surface area contributed by atoms with Crippen molar-refractivity contribution in [1.82, 2.24) is 9.80 Å². The van der Waals surface area contributed by atoms with Gasteiger partial charge in [-0.05, 0) is 33.4 Å². The molecule has 1 rings (SSSR count). The number of likely N-dealkylation sites (N-methyl/N-ethyl adjacent to an activating group) is 1. The Kier molecular flexibility index (Phi) is 6.41. The first kappa shape index (κ1) is 14.9. The number of nitrogens with zero attached hydrogens (tertiary/aromatic N) is 2. The number of nitrogens with two attached hydrogens (primary N) is 1. The Hall–Kier alpha value is -0.160. The summed E-state index contributed by atoms with van der Waals surface area (Å²) in [6, 6.07) is 0.690. The summed E-state index contributed by atoms with van der Waals surface area (Å²) < 4.78 is 0. The Labute approximate surface area is 106 Å². The lowest BCUT2D eigenvalue weighted by Gasteiger charge is -2.37. The number of aliphatic hydroxyl groups excluding tert-OH is 1. The Bertz CT molecular complexity index is 213. The minimum atomic E-state index is 0.0934. The number of aliphatic hydroxyl groups is 1. The van der Waals surface area contributed by atoms with Gasteiger partial charge in [-0.25, -0.2) is 0 Å². The maximum Gasteiger partial charge on any atom is 0.0602 e. The second-order valence-electron chi connectivity index (χ2n) is 5.41. The highest BCUT2D eigenvalue weighted by Gasteiger charge is 2.29. The maximum atomic E-state index is 9.62. The molecule has 3 unspecified atom stereocenters. The van der Waals surface area contributed by atoms with Crippen LogP contribution >= 0.6 is 0 Å². The molecule has 102 valence electrons. The summed E-state index contributed by atoms with van der Waals surface area (Å²) in [5, 5.41) is 9.62. The molecule has 1 heterocycles. The van der Waals surface area contributed by atoms with Crippen LogP contribution in [0.5, 0.6) is 0 Å². The van der Waals surface area contributed by atoms with Crippen LogP contribution in [0, 0.1) is 0 Å². The van der Waals surface area contributed by atoms with Crippen LogP contribution in [0.1, 0.15) is 33.1 Å². The van der Waals surface area contributed by atoms with Crippen molar-refractivity contribution in [1.29, 1.82) is 0 Å². The molecular formula is C13H29N3O. The van der Waals surface area contributed by atoms with Crippen LogP contribution in [0.2, 0.25) is 0 Å². The zero-order valence-corrected chi connectivity index (χ0v) is 11.6. The second-order valence-corrected chi connectivity index (χ2v) is 5.41. The highest BCUT2D eigenvalue weighted by molar-refractivity contribution is 4.87. The molecule has 0 bridgehead atoms. The van der Waals surface area contributed by atoms with Gasteiger partial charge in [0.1, 0.15) is 0 Å². The lowest BCUT2D eigenvalue weighted by Crippen LogP contribution is -2.54. The Balaban J connectivity index is 2.65. The van der Waals surface area contributed by atoms with E-state index in [1.54, 1.807) is 0 Å². The molecule has 0 aromatic rings. The van der Waals surface area contributed by atoms with Gasteiger partial charge in [0.15, 0.2) is 0 Å². The van der Waals surface area contributed by atoms with E-state index < -0.39 is 0 Å². The third-order valence-corrected chi connectivity index (χ3v) is 3.83. The van der Waals surface area contributed by atoms with Crippen molar-refractivity contribution in [2.75, 3.05) is 33.3 Å². The summed E-state index contributed by atoms with van der Waals surface area (Å²) in [5.41, 5.74) is 6.20. The topological polar surface area (TPSA) is 52.7 Å². The first-order valence-corrected chi connectivity index (χ1v) is 6.90. The number of hydrogen-bond donors (Lipinski definition) is 2. The van der Waals surface area contributed by atoms with Crippen LogP contribution in [-0.2, 0) is 0 Å². The van der Waals surface area contributed by atoms with Gasteiger partial charge in [-0.2, -0.15) is 0 Å². The SMILES string of the molecule is CCCC(N)C(CO)N1CCCN(C)CC1C. The van der Waals surface area contributed by atoms with Gasteiger partial charge in [0.25, 0.3) is 0 Å². The van der Waals surface area contributed by atoms with Crippen molar-refractivity contribution in [2.45, 2.75) is 51.2 Å². The summed E-state index contributed by atoms with van der Waals surface area (Å²) >= 11 is 0. The first-order valence-electron chi connectivity index (χ1n) is 6.90. The van der Waals surface area contributed by atoms with E-state index in [1.807, 2.05) is 0 Å². The van der Waals surface area contributed by atoms with Crippen molar-refractivity contribution in [2.24, 2.45) is 5.73 Å². The molecule has 4 nitrogen and oxygen atoms in total. The molecule has 0 aromatic heterocycles. The predicted octanol–water partition coefficient (Wildman–Crippen LogP) is 0.501. The molecule has 4 heteroatoms. The highest BCUT2D eigenvalue weighted by Crippen LogP contribution is 2.16. The van der Waals surface area contributed by atoms with Gasteiger partial charge in [-0.15, -0.1) is 0 Å². The van der Waals surface area contributed by atoms with Gasteiger partial charge in [0.2, 0.25) is 0 Å². The van der Waals surface area contributed by atoms with E-state index in [9.17, 15) is 5.11 Å². The van der Waals surface area contributed by atoms with Gasteiger partial charge in [0, 0.05) is 31.2 Å². The second kappa shape index (κ2) is 7.31. The van der Waals surface area contributed by atoms with Crippen LogP contribution < -0.4 is 5.73 Å². The fourth-order valence-electron chi connectivity index (χ4n) is 2.90. The molecule has 0 amide bonds. The third kappa shape index (κ3) is 4.21. The minimum absolute atomic E-state index is 0.0934. The van der Waals surface area contributed by atoms with Crippen LogP contribution in [-0.4, -0.2) is 66.3 Å². The molecular weight excluding hydrogens is 214 g/mol. The van der Waals surface area contributed by atoms with Crippen LogP contribution in [0.25, 0.3) is 0 Å². The number of hydrogen-bond acceptors (Lipinski definition) is 4. The van der Waals surface area contributed by atoms with Crippen molar-refractivity contribution >= 4 is 0 Å². The smallest absolute Gasteiger partial charge is 0.0602 e. The standard InChI is InChI=1S/C13H29N3O/c1-4-6-12(14)13(10-17)16-8-5-7-15(3)9-11(16)2/h11-13,17H,4-10,14H2,1-3H3. The zero-order valence-electron chi connectivity index (χ0n) is 11.6. The molecule has 1 fully saturated rings. The summed E-state index contributed by atoms with van der Waals surface area (Å²) in [6.07, 6.45) is 3.24. The lowest BCUT2D eigenvalue weighted by atomic mass is 10.0. The fourth-order valence-corrected chi connectivity index (χ4v) is 2.90. The monoisotopic (exact) mass is 243 g/mol. The van der Waals surface area contributed by atoms with Gasteiger partial charge in [-0.3, -0.25) is 4.90 Å². The van der Waals surface area contributed by atoms with Crippen molar-refractivity contribution in [3.8, 4) is 0 Å². The maximum absolute atomic E-state index is 9.62. The molecule has 1 aliphatic heterocycles. The van der Waals surface area contributed by atoms with Gasteiger partial charge in [0.05, 0.1) is 6.61 Å². The average molecular weight is 243 g/mol. The summed E-state index contributed by atoms with van der Waals surface area (Å²) in [6.45, 7) is 7.82. The van der Waals surface area contributed by atoms with Crippen molar-refractivity contribution in [3.05, 3.63) is 0 Å². The Morgan fingerprint density at radius 3 is 2.71 bits per heavy atom. The molecule has 1 aliphatic rings. The fraction of sp³-hybridized carbons (Fsp3) is 1.00. The van der Waals surface area contributed by atoms with Crippen molar-refractivity contribution in [3.63, 3.8) is 0 Å². The van der Waals surface area contributed by atoms with Gasteiger partial charge >= 0.3 is 0 Å². The first-order chi connectivity index (χ1) is 8.10. The third-order valence-electron chi connectivity index (χ3n) is 3.83. The molecule has 0 spiro atoms. The van der Waals surface area contributed by atoms with E-state index in [-0.39, 0.29) is 18.7 Å². The molecule has 0 aromatic carbocycles. The average Bonchev–Trinajstić information content (AvgIpc) is 2.42. The molecule has 3 atom stereocenters. The predicted molar refractivity (Wildman–Crippen MR) is 72.0 cm³/mol.